The molecule has 1 atom stereocenters. The maximum Gasteiger partial charge on any atom is 0.416 e. The van der Waals surface area contributed by atoms with Crippen LogP contribution < -0.4 is 14.8 Å². The van der Waals surface area contributed by atoms with Gasteiger partial charge in [0, 0.05) is 6.54 Å². The third-order valence-electron chi connectivity index (χ3n) is 4.63. The largest absolute Gasteiger partial charge is 0.497 e. The van der Waals surface area contributed by atoms with Gasteiger partial charge in [0.2, 0.25) is 5.91 Å². The highest BCUT2D eigenvalue weighted by Crippen LogP contribution is 2.32. The number of aromatic nitrogens is 3. The van der Waals surface area contributed by atoms with Crippen molar-refractivity contribution in [1.29, 1.82) is 0 Å². The van der Waals surface area contributed by atoms with Crippen LogP contribution in [0.2, 0.25) is 0 Å². The fraction of sp³-hybridized carbons (Fsp3) is 0.261. The zero-order valence-corrected chi connectivity index (χ0v) is 19.3. The van der Waals surface area contributed by atoms with E-state index in [0.717, 1.165) is 23.9 Å². The summed E-state index contributed by atoms with van der Waals surface area (Å²) in [6, 6.07) is 11.7. The van der Waals surface area contributed by atoms with Gasteiger partial charge in [-0.15, -0.1) is 16.8 Å². The Morgan fingerprint density at radius 3 is 2.56 bits per heavy atom. The molecule has 0 fully saturated rings. The van der Waals surface area contributed by atoms with Crippen molar-refractivity contribution >= 4 is 17.7 Å². The topological polar surface area (TPSA) is 78.3 Å². The standard InChI is InChI=1S/C23H23F3N4O3S/c1-4-12-27-21(31)15(2)34-22-29-28-20(14-33-19-10-8-18(32-3)9-11-19)30(22)17-7-5-6-16(13-17)23(24,25)26/h4-11,13,15H,1,12,14H2,2-3H3,(H,27,31). The number of methoxy groups -OCH3 is 1. The molecule has 0 aliphatic carbocycles. The number of hydrogen-bond acceptors (Lipinski definition) is 6. The fourth-order valence-electron chi connectivity index (χ4n) is 2.90. The molecule has 34 heavy (non-hydrogen) atoms. The van der Waals surface area contributed by atoms with E-state index in [1.54, 1.807) is 44.4 Å². The third kappa shape index (κ3) is 6.31. The van der Waals surface area contributed by atoms with E-state index in [1.165, 1.54) is 16.7 Å². The zero-order valence-electron chi connectivity index (χ0n) is 18.5. The highest BCUT2D eigenvalue weighted by atomic mass is 32.2. The summed E-state index contributed by atoms with van der Waals surface area (Å²) < 4.78 is 52.3. The van der Waals surface area contributed by atoms with Crippen molar-refractivity contribution in [2.45, 2.75) is 30.1 Å². The van der Waals surface area contributed by atoms with Crippen LogP contribution in [0.3, 0.4) is 0 Å². The second-order valence-corrected chi connectivity index (χ2v) is 8.35. The van der Waals surface area contributed by atoms with Crippen LogP contribution in [0, 0.1) is 0 Å². The molecule has 0 saturated heterocycles. The maximum absolute atomic E-state index is 13.3. The average molecular weight is 493 g/mol. The van der Waals surface area contributed by atoms with Crippen LogP contribution >= 0.6 is 11.8 Å². The summed E-state index contributed by atoms with van der Waals surface area (Å²) in [7, 11) is 1.55. The number of thioether (sulfide) groups is 1. The number of hydrogen-bond donors (Lipinski definition) is 1. The van der Waals surface area contributed by atoms with Gasteiger partial charge in [-0.3, -0.25) is 9.36 Å². The average Bonchev–Trinajstić information content (AvgIpc) is 3.23. The quantitative estimate of drug-likeness (QED) is 0.328. The molecular formula is C23H23F3N4O3S. The number of rotatable bonds is 10. The lowest BCUT2D eigenvalue weighted by molar-refractivity contribution is -0.137. The van der Waals surface area contributed by atoms with Gasteiger partial charge >= 0.3 is 6.18 Å². The van der Waals surface area contributed by atoms with Gasteiger partial charge in [0.05, 0.1) is 23.6 Å². The Labute approximate surface area is 199 Å². The third-order valence-corrected chi connectivity index (χ3v) is 5.67. The Bertz CT molecular complexity index is 1130. The molecule has 3 rings (SSSR count). The Morgan fingerprint density at radius 2 is 1.91 bits per heavy atom. The van der Waals surface area contributed by atoms with Gasteiger partial charge in [-0.1, -0.05) is 23.9 Å². The molecule has 0 bridgehead atoms. The van der Waals surface area contributed by atoms with E-state index in [-0.39, 0.29) is 29.2 Å². The van der Waals surface area contributed by atoms with Gasteiger partial charge in [0.1, 0.15) is 18.1 Å². The molecule has 1 heterocycles. The van der Waals surface area contributed by atoms with Gasteiger partial charge in [-0.05, 0) is 49.4 Å². The first-order chi connectivity index (χ1) is 16.2. The Hall–Kier alpha value is -3.47. The van der Waals surface area contributed by atoms with Gasteiger partial charge in [0.25, 0.3) is 0 Å². The van der Waals surface area contributed by atoms with E-state index in [4.69, 9.17) is 9.47 Å². The van der Waals surface area contributed by atoms with Crippen LogP contribution in [0.1, 0.15) is 18.3 Å². The summed E-state index contributed by atoms with van der Waals surface area (Å²) in [5.41, 5.74) is -0.609. The van der Waals surface area contributed by atoms with Crippen molar-refractivity contribution in [2.75, 3.05) is 13.7 Å². The number of alkyl halides is 3. The number of nitrogens with zero attached hydrogens (tertiary/aromatic N) is 3. The summed E-state index contributed by atoms with van der Waals surface area (Å²) in [5.74, 6) is 1.18. The molecule has 1 unspecified atom stereocenters. The number of amides is 1. The van der Waals surface area contributed by atoms with Gasteiger partial charge in [-0.25, -0.2) is 0 Å². The lowest BCUT2D eigenvalue weighted by atomic mass is 10.2. The highest BCUT2D eigenvalue weighted by molar-refractivity contribution is 8.00. The molecule has 0 aliphatic rings. The molecule has 2 aromatic carbocycles. The van der Waals surface area contributed by atoms with Crippen molar-refractivity contribution < 1.29 is 27.4 Å². The van der Waals surface area contributed by atoms with Crippen LogP contribution in [0.25, 0.3) is 5.69 Å². The SMILES string of the molecule is C=CCNC(=O)C(C)Sc1nnc(COc2ccc(OC)cc2)n1-c1cccc(C(F)(F)F)c1. The molecule has 0 spiro atoms. The summed E-state index contributed by atoms with van der Waals surface area (Å²) in [6.07, 6.45) is -2.97. The first-order valence-corrected chi connectivity index (χ1v) is 11.0. The number of benzene rings is 2. The molecule has 0 radical (unpaired) electrons. The van der Waals surface area contributed by atoms with E-state index >= 15 is 0 Å². The van der Waals surface area contributed by atoms with Crippen LogP contribution in [0.4, 0.5) is 13.2 Å². The molecular weight excluding hydrogens is 469 g/mol. The number of carbonyl (C=O) groups excluding carboxylic acids is 1. The summed E-state index contributed by atoms with van der Waals surface area (Å²) in [4.78, 5) is 12.3. The lowest BCUT2D eigenvalue weighted by Gasteiger charge is -2.15. The molecule has 0 saturated carbocycles. The van der Waals surface area contributed by atoms with Crippen molar-refractivity contribution in [3.05, 3.63) is 72.6 Å². The molecule has 3 aromatic rings. The maximum atomic E-state index is 13.3. The second-order valence-electron chi connectivity index (χ2n) is 7.04. The molecule has 11 heteroatoms. The van der Waals surface area contributed by atoms with E-state index in [9.17, 15) is 18.0 Å². The number of carbonyl (C=O) groups is 1. The first kappa shape index (κ1) is 25.2. The second kappa shape index (κ2) is 11.1. The van der Waals surface area contributed by atoms with Gasteiger partial charge in [0.15, 0.2) is 11.0 Å². The zero-order chi connectivity index (χ0) is 24.7. The number of halogens is 3. The van der Waals surface area contributed by atoms with E-state index < -0.39 is 17.0 Å². The minimum Gasteiger partial charge on any atom is -0.497 e. The van der Waals surface area contributed by atoms with Crippen molar-refractivity contribution in [3.8, 4) is 17.2 Å². The van der Waals surface area contributed by atoms with Crippen LogP contribution in [0.15, 0.2) is 66.3 Å². The van der Waals surface area contributed by atoms with Crippen LogP contribution in [-0.2, 0) is 17.6 Å². The van der Waals surface area contributed by atoms with Crippen molar-refractivity contribution in [2.24, 2.45) is 0 Å². The Kier molecular flexibility index (Phi) is 8.21. The molecule has 1 aromatic heterocycles. The predicted octanol–water partition coefficient (Wildman–Crippen LogP) is 4.66. The Balaban J connectivity index is 1.92. The van der Waals surface area contributed by atoms with E-state index in [0.29, 0.717) is 18.0 Å². The van der Waals surface area contributed by atoms with Crippen molar-refractivity contribution in [1.82, 2.24) is 20.1 Å². The summed E-state index contributed by atoms with van der Waals surface area (Å²) in [6.45, 7) is 5.46. The molecule has 1 N–H and O–H groups in total. The normalized spacial score (nSPS) is 12.1. The lowest BCUT2D eigenvalue weighted by Crippen LogP contribution is -2.31. The minimum absolute atomic E-state index is 0.0623. The fourth-order valence-corrected chi connectivity index (χ4v) is 3.81. The smallest absolute Gasteiger partial charge is 0.416 e. The van der Waals surface area contributed by atoms with Gasteiger partial charge < -0.3 is 14.8 Å². The van der Waals surface area contributed by atoms with E-state index in [1.807, 2.05) is 0 Å². The Morgan fingerprint density at radius 1 is 1.21 bits per heavy atom. The predicted molar refractivity (Wildman–Crippen MR) is 122 cm³/mol. The first-order valence-electron chi connectivity index (χ1n) is 10.2. The monoisotopic (exact) mass is 492 g/mol. The highest BCUT2D eigenvalue weighted by Gasteiger charge is 2.31. The number of ether oxygens (including phenoxy) is 2. The molecule has 7 nitrogen and oxygen atoms in total. The van der Waals surface area contributed by atoms with Crippen LogP contribution in [-0.4, -0.2) is 39.6 Å². The molecule has 180 valence electrons. The summed E-state index contributed by atoms with van der Waals surface area (Å²) in [5, 5.41) is 10.6. The van der Waals surface area contributed by atoms with Crippen LogP contribution in [0.5, 0.6) is 11.5 Å². The summed E-state index contributed by atoms with van der Waals surface area (Å²) >= 11 is 1.07. The van der Waals surface area contributed by atoms with E-state index in [2.05, 4.69) is 22.1 Å². The number of nitrogens with one attached hydrogen (secondary N) is 1. The van der Waals surface area contributed by atoms with Crippen molar-refractivity contribution in [3.63, 3.8) is 0 Å². The molecule has 1 amide bonds. The van der Waals surface area contributed by atoms with Gasteiger partial charge in [-0.2, -0.15) is 13.2 Å². The molecule has 0 aliphatic heterocycles. The minimum atomic E-state index is -4.52.